The molecule has 26 heavy (non-hydrogen) atoms. The lowest BCUT2D eigenvalue weighted by molar-refractivity contribution is 0.0888. The molecule has 6 nitrogen and oxygen atoms in total. The van der Waals surface area contributed by atoms with Crippen molar-refractivity contribution in [3.63, 3.8) is 0 Å². The van der Waals surface area contributed by atoms with Crippen molar-refractivity contribution in [2.24, 2.45) is 0 Å². The molecule has 0 aliphatic heterocycles. The summed E-state index contributed by atoms with van der Waals surface area (Å²) in [4.78, 5) is 12.2. The number of nitrogens with one attached hydrogen (secondary N) is 2. The van der Waals surface area contributed by atoms with E-state index in [0.717, 1.165) is 37.1 Å². The number of aromatic nitrogens is 2. The number of hydrogen-bond donors (Lipinski definition) is 2. The zero-order chi connectivity index (χ0) is 18.5. The molecule has 0 spiro atoms. The van der Waals surface area contributed by atoms with Crippen LogP contribution in [0.15, 0.2) is 30.3 Å². The highest BCUT2D eigenvalue weighted by Gasteiger charge is 2.24. The quantitative estimate of drug-likeness (QED) is 0.802. The van der Waals surface area contributed by atoms with E-state index in [-0.39, 0.29) is 28.9 Å². The van der Waals surface area contributed by atoms with Gasteiger partial charge in [-0.2, -0.15) is 0 Å². The monoisotopic (exact) mass is 394 g/mol. The van der Waals surface area contributed by atoms with Crippen LogP contribution in [0.1, 0.15) is 36.2 Å². The van der Waals surface area contributed by atoms with Gasteiger partial charge in [-0.3, -0.25) is 4.79 Å². The van der Waals surface area contributed by atoms with Crippen molar-refractivity contribution in [1.29, 1.82) is 0 Å². The number of nitrogens with zero attached hydrogens (tertiary/aromatic N) is 2. The van der Waals surface area contributed by atoms with Crippen molar-refractivity contribution in [1.82, 2.24) is 15.5 Å². The topological polar surface area (TPSA) is 76.1 Å². The van der Waals surface area contributed by atoms with Crippen LogP contribution in [-0.2, 0) is 0 Å². The third-order valence-corrected chi connectivity index (χ3v) is 4.90. The van der Waals surface area contributed by atoms with Crippen LogP contribution in [0.4, 0.5) is 5.69 Å². The Morgan fingerprint density at radius 1 is 1.12 bits per heavy atom. The Balaban J connectivity index is 1.49. The smallest absolute Gasteiger partial charge is 0.272 e. The van der Waals surface area contributed by atoms with Crippen molar-refractivity contribution in [3.8, 4) is 5.75 Å². The van der Waals surface area contributed by atoms with E-state index in [0.29, 0.717) is 5.02 Å². The summed E-state index contributed by atoms with van der Waals surface area (Å²) in [6.45, 7) is 0. The van der Waals surface area contributed by atoms with E-state index in [1.165, 1.54) is 0 Å². The van der Waals surface area contributed by atoms with E-state index >= 15 is 0 Å². The van der Waals surface area contributed by atoms with E-state index < -0.39 is 0 Å². The molecule has 1 aromatic heterocycles. The SMILES string of the molecule is CNc1ccc(OC2CCC(NC(=O)c3ccc(Cl)nn3)CC2)cc1Cl. The van der Waals surface area contributed by atoms with Crippen molar-refractivity contribution >= 4 is 34.8 Å². The summed E-state index contributed by atoms with van der Waals surface area (Å²) in [5.41, 5.74) is 1.14. The van der Waals surface area contributed by atoms with Crippen LogP contribution < -0.4 is 15.4 Å². The standard InChI is InChI=1S/C18H20Cl2N4O2/c1-21-15-7-6-13(10-14(15)19)26-12-4-2-11(3-5-12)22-18(25)16-8-9-17(20)24-23-16/h6-12,21H,2-5H2,1H3,(H,22,25). The average molecular weight is 395 g/mol. The number of benzene rings is 1. The number of ether oxygens (including phenoxy) is 1. The fraction of sp³-hybridized carbons (Fsp3) is 0.389. The number of halogens is 2. The molecule has 1 saturated carbocycles. The zero-order valence-electron chi connectivity index (χ0n) is 14.3. The van der Waals surface area contributed by atoms with Gasteiger partial charge in [-0.25, -0.2) is 0 Å². The van der Waals surface area contributed by atoms with E-state index in [2.05, 4.69) is 20.8 Å². The van der Waals surface area contributed by atoms with Crippen LogP contribution in [0.2, 0.25) is 10.2 Å². The van der Waals surface area contributed by atoms with Crippen LogP contribution in [0.5, 0.6) is 5.75 Å². The van der Waals surface area contributed by atoms with Gasteiger partial charge in [0.05, 0.1) is 16.8 Å². The summed E-state index contributed by atoms with van der Waals surface area (Å²) in [7, 11) is 1.83. The number of amides is 1. The van der Waals surface area contributed by atoms with Gasteiger partial charge in [-0.1, -0.05) is 23.2 Å². The minimum Gasteiger partial charge on any atom is -0.490 e. The Morgan fingerprint density at radius 3 is 2.50 bits per heavy atom. The predicted molar refractivity (Wildman–Crippen MR) is 102 cm³/mol. The zero-order valence-corrected chi connectivity index (χ0v) is 15.8. The maximum absolute atomic E-state index is 12.2. The fourth-order valence-electron chi connectivity index (χ4n) is 2.99. The molecule has 0 bridgehead atoms. The molecule has 3 rings (SSSR count). The molecule has 1 aliphatic rings. The molecule has 1 aromatic carbocycles. The molecule has 0 unspecified atom stereocenters. The lowest BCUT2D eigenvalue weighted by Crippen LogP contribution is -2.40. The molecule has 1 amide bonds. The molecule has 1 fully saturated rings. The lowest BCUT2D eigenvalue weighted by atomic mass is 9.93. The highest BCUT2D eigenvalue weighted by atomic mass is 35.5. The highest BCUT2D eigenvalue weighted by molar-refractivity contribution is 6.33. The van der Waals surface area contributed by atoms with Crippen molar-refractivity contribution in [2.75, 3.05) is 12.4 Å². The van der Waals surface area contributed by atoms with E-state index in [4.69, 9.17) is 27.9 Å². The van der Waals surface area contributed by atoms with Crippen LogP contribution in [0.3, 0.4) is 0 Å². The second-order valence-corrected chi connectivity index (χ2v) is 6.99. The average Bonchev–Trinajstić information content (AvgIpc) is 2.64. The third-order valence-electron chi connectivity index (χ3n) is 4.39. The van der Waals surface area contributed by atoms with E-state index in [1.54, 1.807) is 12.1 Å². The molecule has 2 aromatic rings. The minimum absolute atomic E-state index is 0.107. The van der Waals surface area contributed by atoms with E-state index in [9.17, 15) is 4.79 Å². The molecular formula is C18H20Cl2N4O2. The van der Waals surface area contributed by atoms with Crippen molar-refractivity contribution < 1.29 is 9.53 Å². The van der Waals surface area contributed by atoms with Gasteiger partial charge in [-0.05, 0) is 49.9 Å². The number of carbonyl (C=O) groups is 1. The second kappa shape index (κ2) is 8.56. The van der Waals surface area contributed by atoms with Crippen molar-refractivity contribution in [2.45, 2.75) is 37.8 Å². The molecule has 0 saturated heterocycles. The minimum atomic E-state index is -0.229. The van der Waals surface area contributed by atoms with Gasteiger partial charge in [0.15, 0.2) is 10.8 Å². The summed E-state index contributed by atoms with van der Waals surface area (Å²) in [6, 6.07) is 8.86. The largest absolute Gasteiger partial charge is 0.490 e. The predicted octanol–water partition coefficient (Wildman–Crippen LogP) is 3.95. The van der Waals surface area contributed by atoms with Crippen LogP contribution in [0, 0.1) is 0 Å². The summed E-state index contributed by atoms with van der Waals surface area (Å²) in [5.74, 6) is 0.533. The Kier molecular flexibility index (Phi) is 6.16. The molecule has 0 atom stereocenters. The first-order valence-corrected chi connectivity index (χ1v) is 9.25. The van der Waals surface area contributed by atoms with E-state index in [1.807, 2.05) is 25.2 Å². The summed E-state index contributed by atoms with van der Waals surface area (Å²) >= 11 is 11.9. The first-order chi connectivity index (χ1) is 12.5. The Morgan fingerprint density at radius 2 is 1.88 bits per heavy atom. The van der Waals surface area contributed by atoms with Gasteiger partial charge in [-0.15, -0.1) is 10.2 Å². The number of rotatable bonds is 5. The molecule has 138 valence electrons. The maximum Gasteiger partial charge on any atom is 0.272 e. The van der Waals surface area contributed by atoms with Gasteiger partial charge in [0, 0.05) is 19.2 Å². The normalized spacial score (nSPS) is 19.7. The number of anilines is 1. The molecular weight excluding hydrogens is 375 g/mol. The van der Waals surface area contributed by atoms with Crippen molar-refractivity contribution in [3.05, 3.63) is 46.2 Å². The molecule has 8 heteroatoms. The number of carbonyl (C=O) groups excluding carboxylic acids is 1. The van der Waals surface area contributed by atoms with Crippen LogP contribution in [0.25, 0.3) is 0 Å². The Bertz CT molecular complexity index is 762. The van der Waals surface area contributed by atoms with Crippen LogP contribution in [-0.4, -0.2) is 35.3 Å². The fourth-order valence-corrected chi connectivity index (χ4v) is 3.35. The summed E-state index contributed by atoms with van der Waals surface area (Å²) in [6.07, 6.45) is 3.54. The second-order valence-electron chi connectivity index (χ2n) is 6.20. The number of hydrogen-bond acceptors (Lipinski definition) is 5. The third kappa shape index (κ3) is 4.77. The maximum atomic E-state index is 12.2. The van der Waals surface area contributed by atoms with Gasteiger partial charge in [0.1, 0.15) is 5.75 Å². The summed E-state index contributed by atoms with van der Waals surface area (Å²) < 4.78 is 6.02. The molecule has 0 radical (unpaired) electrons. The first kappa shape index (κ1) is 18.7. The highest BCUT2D eigenvalue weighted by Crippen LogP contribution is 2.29. The molecule has 1 aliphatic carbocycles. The molecule has 2 N–H and O–H groups in total. The first-order valence-electron chi connectivity index (χ1n) is 8.49. The van der Waals surface area contributed by atoms with Gasteiger partial charge in [0.2, 0.25) is 0 Å². The molecule has 1 heterocycles. The van der Waals surface area contributed by atoms with Gasteiger partial charge in [0.25, 0.3) is 5.91 Å². The van der Waals surface area contributed by atoms with Gasteiger partial charge < -0.3 is 15.4 Å². The van der Waals surface area contributed by atoms with Gasteiger partial charge >= 0.3 is 0 Å². The Labute approximate surface area is 162 Å². The summed E-state index contributed by atoms with van der Waals surface area (Å²) in [5, 5.41) is 14.4. The lowest BCUT2D eigenvalue weighted by Gasteiger charge is -2.29. The Hall–Kier alpha value is -2.05. The van der Waals surface area contributed by atoms with Crippen LogP contribution >= 0.6 is 23.2 Å².